The van der Waals surface area contributed by atoms with Gasteiger partial charge in [-0.05, 0) is 37.1 Å². The molecule has 5 nitrogen and oxygen atoms in total. The quantitative estimate of drug-likeness (QED) is 0.786. The minimum Gasteiger partial charge on any atom is -0.356 e. The first-order chi connectivity index (χ1) is 12.7. The Morgan fingerprint density at radius 2 is 1.73 bits per heavy atom. The van der Waals surface area contributed by atoms with Crippen LogP contribution in [0.2, 0.25) is 0 Å². The van der Waals surface area contributed by atoms with Crippen molar-refractivity contribution >= 4 is 5.82 Å². The fourth-order valence-electron chi connectivity index (χ4n) is 3.16. The lowest BCUT2D eigenvalue weighted by Crippen LogP contribution is -2.40. The normalized spacial score (nSPS) is 15.2. The summed E-state index contributed by atoms with van der Waals surface area (Å²) in [5.41, 5.74) is 8.10. The van der Waals surface area contributed by atoms with Gasteiger partial charge in [-0.15, -0.1) is 0 Å². The van der Waals surface area contributed by atoms with E-state index >= 15 is 0 Å². The largest absolute Gasteiger partial charge is 0.356 e. The molecule has 1 fully saturated rings. The number of rotatable bonds is 3. The molecule has 2 N–H and O–H groups in total. The third-order valence-electron chi connectivity index (χ3n) is 4.67. The van der Waals surface area contributed by atoms with Crippen LogP contribution in [0.1, 0.15) is 12.8 Å². The molecule has 0 atom stereocenters. The molecule has 0 amide bonds. The molecule has 1 aromatic carbocycles. The predicted octanol–water partition coefficient (Wildman–Crippen LogP) is 3.27. The summed E-state index contributed by atoms with van der Waals surface area (Å²) in [6.07, 6.45) is 5.28. The van der Waals surface area contributed by atoms with Crippen LogP contribution >= 0.6 is 0 Å². The molecule has 0 bridgehead atoms. The molecule has 0 spiro atoms. The Hall–Kier alpha value is -2.86. The highest BCUT2D eigenvalue weighted by Crippen LogP contribution is 2.28. The minimum absolute atomic E-state index is 0.235. The fourth-order valence-corrected chi connectivity index (χ4v) is 3.16. The van der Waals surface area contributed by atoms with Gasteiger partial charge in [-0.1, -0.05) is 12.1 Å². The summed E-state index contributed by atoms with van der Waals surface area (Å²) in [6.45, 7) is 1.68. The van der Waals surface area contributed by atoms with Gasteiger partial charge in [-0.2, -0.15) is 0 Å². The highest BCUT2D eigenvalue weighted by Gasteiger charge is 2.20. The van der Waals surface area contributed by atoms with E-state index in [9.17, 15) is 4.39 Å². The lowest BCUT2D eigenvalue weighted by atomic mass is 10.1. The second-order valence-electron chi connectivity index (χ2n) is 6.48. The number of hydrogen-bond donors (Lipinski definition) is 1. The van der Waals surface area contributed by atoms with Crippen LogP contribution in [0.4, 0.5) is 10.2 Å². The predicted molar refractivity (Wildman–Crippen MR) is 100 cm³/mol. The molecule has 0 unspecified atom stereocenters. The van der Waals surface area contributed by atoms with Crippen molar-refractivity contribution in [3.63, 3.8) is 0 Å². The van der Waals surface area contributed by atoms with Gasteiger partial charge in [-0.25, -0.2) is 14.4 Å². The second-order valence-corrected chi connectivity index (χ2v) is 6.48. The standard InChI is InChI=1S/C20H20FN5/c21-17-4-2-1-3-16(17)20-24-18(14-5-9-23-10-6-14)13-19(25-20)26-11-7-15(22)8-12-26/h1-6,9-10,13,15H,7-8,11-12,22H2. The summed E-state index contributed by atoms with van der Waals surface area (Å²) < 4.78 is 14.3. The van der Waals surface area contributed by atoms with Gasteiger partial charge in [0.2, 0.25) is 0 Å². The molecule has 1 aliphatic rings. The number of nitrogens with two attached hydrogens (primary N) is 1. The summed E-state index contributed by atoms with van der Waals surface area (Å²) in [6, 6.07) is 12.6. The van der Waals surface area contributed by atoms with Gasteiger partial charge in [0.25, 0.3) is 0 Å². The maximum absolute atomic E-state index is 14.3. The van der Waals surface area contributed by atoms with Crippen molar-refractivity contribution in [3.8, 4) is 22.6 Å². The van der Waals surface area contributed by atoms with Crippen LogP contribution in [0.3, 0.4) is 0 Å². The topological polar surface area (TPSA) is 67.9 Å². The van der Waals surface area contributed by atoms with Gasteiger partial charge < -0.3 is 10.6 Å². The van der Waals surface area contributed by atoms with E-state index in [-0.39, 0.29) is 11.9 Å². The highest BCUT2D eigenvalue weighted by molar-refractivity contribution is 5.68. The summed E-state index contributed by atoms with van der Waals surface area (Å²) >= 11 is 0. The van der Waals surface area contributed by atoms with Gasteiger partial charge >= 0.3 is 0 Å². The van der Waals surface area contributed by atoms with Crippen molar-refractivity contribution in [1.82, 2.24) is 15.0 Å². The number of hydrogen-bond acceptors (Lipinski definition) is 5. The molecule has 1 saturated heterocycles. The molecular formula is C20H20FN5. The van der Waals surface area contributed by atoms with Crippen LogP contribution in [0.25, 0.3) is 22.6 Å². The Bertz CT molecular complexity index is 892. The average molecular weight is 349 g/mol. The van der Waals surface area contributed by atoms with Gasteiger partial charge in [0.05, 0.1) is 11.3 Å². The zero-order valence-electron chi connectivity index (χ0n) is 14.3. The van der Waals surface area contributed by atoms with Crippen LogP contribution in [-0.4, -0.2) is 34.1 Å². The molecular weight excluding hydrogens is 329 g/mol. The average Bonchev–Trinajstić information content (AvgIpc) is 2.69. The van der Waals surface area contributed by atoms with Crippen LogP contribution in [0, 0.1) is 5.82 Å². The number of anilines is 1. The van der Waals surface area contributed by atoms with E-state index in [4.69, 9.17) is 5.73 Å². The Morgan fingerprint density at radius 1 is 1.00 bits per heavy atom. The molecule has 0 aliphatic carbocycles. The summed E-state index contributed by atoms with van der Waals surface area (Å²) in [4.78, 5) is 15.5. The fraction of sp³-hybridized carbons (Fsp3) is 0.250. The molecule has 0 radical (unpaired) electrons. The van der Waals surface area contributed by atoms with Crippen LogP contribution < -0.4 is 10.6 Å². The number of piperidine rings is 1. The number of halogens is 1. The molecule has 4 rings (SSSR count). The van der Waals surface area contributed by atoms with Gasteiger partial charge in [0.1, 0.15) is 11.6 Å². The van der Waals surface area contributed by atoms with Gasteiger partial charge in [0, 0.05) is 43.2 Å². The molecule has 1 aliphatic heterocycles. The first-order valence-electron chi connectivity index (χ1n) is 8.75. The monoisotopic (exact) mass is 349 g/mol. The summed E-state index contributed by atoms with van der Waals surface area (Å²) in [5, 5.41) is 0. The van der Waals surface area contributed by atoms with E-state index in [1.807, 2.05) is 18.2 Å². The number of benzene rings is 1. The van der Waals surface area contributed by atoms with Crippen LogP contribution in [0.5, 0.6) is 0 Å². The zero-order chi connectivity index (χ0) is 17.9. The van der Waals surface area contributed by atoms with Gasteiger partial charge in [0.15, 0.2) is 5.82 Å². The third-order valence-corrected chi connectivity index (χ3v) is 4.67. The van der Waals surface area contributed by atoms with Gasteiger partial charge in [-0.3, -0.25) is 4.98 Å². The van der Waals surface area contributed by atoms with E-state index in [1.54, 1.807) is 30.6 Å². The highest BCUT2D eigenvalue weighted by atomic mass is 19.1. The van der Waals surface area contributed by atoms with Crippen LogP contribution in [-0.2, 0) is 0 Å². The smallest absolute Gasteiger partial charge is 0.165 e. The van der Waals surface area contributed by atoms with Crippen molar-refractivity contribution in [2.75, 3.05) is 18.0 Å². The van der Waals surface area contributed by atoms with E-state index in [2.05, 4.69) is 19.9 Å². The first-order valence-corrected chi connectivity index (χ1v) is 8.75. The zero-order valence-corrected chi connectivity index (χ0v) is 14.3. The molecule has 6 heteroatoms. The molecule has 0 saturated carbocycles. The Kier molecular flexibility index (Phi) is 4.58. The number of nitrogens with zero attached hydrogens (tertiary/aromatic N) is 4. The molecule has 3 aromatic rings. The van der Waals surface area contributed by atoms with E-state index < -0.39 is 0 Å². The van der Waals surface area contributed by atoms with E-state index in [0.29, 0.717) is 11.4 Å². The van der Waals surface area contributed by atoms with Crippen molar-refractivity contribution in [3.05, 3.63) is 60.7 Å². The van der Waals surface area contributed by atoms with Crippen molar-refractivity contribution in [2.45, 2.75) is 18.9 Å². The molecule has 3 heterocycles. The Labute approximate surface area is 151 Å². The first kappa shape index (κ1) is 16.6. The van der Waals surface area contributed by atoms with Crippen molar-refractivity contribution in [2.24, 2.45) is 5.73 Å². The third kappa shape index (κ3) is 3.41. The lowest BCUT2D eigenvalue weighted by Gasteiger charge is -2.31. The number of pyridine rings is 1. The number of aromatic nitrogens is 3. The van der Waals surface area contributed by atoms with E-state index in [1.165, 1.54) is 6.07 Å². The maximum Gasteiger partial charge on any atom is 0.165 e. The van der Waals surface area contributed by atoms with Crippen LogP contribution in [0.15, 0.2) is 54.9 Å². The Balaban J connectivity index is 1.81. The SMILES string of the molecule is NC1CCN(c2cc(-c3ccncc3)nc(-c3ccccc3F)n2)CC1. The van der Waals surface area contributed by atoms with Crippen molar-refractivity contribution in [1.29, 1.82) is 0 Å². The second kappa shape index (κ2) is 7.17. The molecule has 132 valence electrons. The Morgan fingerprint density at radius 3 is 2.46 bits per heavy atom. The molecule has 26 heavy (non-hydrogen) atoms. The minimum atomic E-state index is -0.328. The van der Waals surface area contributed by atoms with Crippen molar-refractivity contribution < 1.29 is 4.39 Å². The summed E-state index contributed by atoms with van der Waals surface area (Å²) in [5.74, 6) is 0.866. The lowest BCUT2D eigenvalue weighted by molar-refractivity contribution is 0.498. The maximum atomic E-state index is 14.3. The van der Waals surface area contributed by atoms with E-state index in [0.717, 1.165) is 43.0 Å². The molecule has 2 aromatic heterocycles. The summed E-state index contributed by atoms with van der Waals surface area (Å²) in [7, 11) is 0.